The Morgan fingerprint density at radius 2 is 1.11 bits per heavy atom. The van der Waals surface area contributed by atoms with E-state index >= 15 is 0 Å². The third kappa shape index (κ3) is 11.4. The molecule has 10 heteroatoms. The van der Waals surface area contributed by atoms with E-state index in [0.717, 1.165) is 38.7 Å². The van der Waals surface area contributed by atoms with Crippen molar-refractivity contribution in [2.24, 2.45) is 5.41 Å². The smallest absolute Gasteiger partial charge is 0.343 e. The summed E-state index contributed by atoms with van der Waals surface area (Å²) < 4.78 is 38.2. The molecule has 1 fully saturated rings. The minimum Gasteiger partial charge on any atom is -0.494 e. The lowest BCUT2D eigenvalue weighted by atomic mass is 9.90. The first kappa shape index (κ1) is 34.2. The number of carbonyl (C=O) groups is 3. The minimum absolute atomic E-state index is 0.168. The van der Waals surface area contributed by atoms with Crippen molar-refractivity contribution < 1.29 is 47.5 Å². The molecule has 4 rings (SSSR count). The average molecular weight is 633 g/mol. The molecule has 0 atom stereocenters. The van der Waals surface area contributed by atoms with E-state index in [0.29, 0.717) is 67.6 Å². The van der Waals surface area contributed by atoms with Crippen LogP contribution >= 0.6 is 0 Å². The fourth-order valence-corrected chi connectivity index (χ4v) is 4.26. The van der Waals surface area contributed by atoms with Gasteiger partial charge in [0.1, 0.15) is 23.0 Å². The standard InChI is InChI=1S/C36H40O10/c1-3-33(37)44-23-7-6-22-42-29-12-8-27(9-13-29)34(38)45-31-14-10-28(11-15-31)35(39)46-32-18-16-30(17-19-32)43-21-5-4-20-40-24-36(2)25-41-26-36/h3,8-19H,1,4-7,20-26H2,2H3. The number of ether oxygens (including phenoxy) is 7. The lowest BCUT2D eigenvalue weighted by molar-refractivity contribution is -0.138. The van der Waals surface area contributed by atoms with Crippen LogP contribution in [0, 0.1) is 5.41 Å². The maximum atomic E-state index is 12.6. The van der Waals surface area contributed by atoms with Crippen molar-refractivity contribution in [3.05, 3.63) is 96.6 Å². The van der Waals surface area contributed by atoms with E-state index in [4.69, 9.17) is 33.2 Å². The van der Waals surface area contributed by atoms with Crippen molar-refractivity contribution in [3.8, 4) is 23.0 Å². The topological polar surface area (TPSA) is 116 Å². The molecule has 0 unspecified atom stereocenters. The predicted molar refractivity (Wildman–Crippen MR) is 170 cm³/mol. The molecule has 244 valence electrons. The SMILES string of the molecule is C=CC(=O)OCCCCOc1ccc(C(=O)Oc2ccc(C(=O)Oc3ccc(OCCCCOCC4(C)COC4)cc3)cc2)cc1. The summed E-state index contributed by atoms with van der Waals surface area (Å²) in [5.41, 5.74) is 0.820. The summed E-state index contributed by atoms with van der Waals surface area (Å²) in [6, 6.07) is 19.5. The summed E-state index contributed by atoms with van der Waals surface area (Å²) in [6.07, 6.45) is 4.27. The van der Waals surface area contributed by atoms with Gasteiger partial charge in [0.15, 0.2) is 0 Å². The number of benzene rings is 3. The Bertz CT molecular complexity index is 1410. The van der Waals surface area contributed by atoms with Gasteiger partial charge in [0.05, 0.1) is 50.8 Å². The Morgan fingerprint density at radius 1 is 0.674 bits per heavy atom. The molecule has 0 saturated carbocycles. The zero-order valence-electron chi connectivity index (χ0n) is 26.1. The van der Waals surface area contributed by atoms with Crippen LogP contribution in [-0.4, -0.2) is 64.2 Å². The molecule has 1 saturated heterocycles. The highest BCUT2D eigenvalue weighted by molar-refractivity contribution is 5.92. The van der Waals surface area contributed by atoms with E-state index in [1.165, 1.54) is 24.3 Å². The lowest BCUT2D eigenvalue weighted by Gasteiger charge is -2.37. The molecular formula is C36H40O10. The van der Waals surface area contributed by atoms with Crippen molar-refractivity contribution in [2.45, 2.75) is 32.6 Å². The van der Waals surface area contributed by atoms with Gasteiger partial charge < -0.3 is 33.2 Å². The van der Waals surface area contributed by atoms with E-state index in [1.54, 1.807) is 48.5 Å². The Balaban J connectivity index is 1.12. The van der Waals surface area contributed by atoms with E-state index in [9.17, 15) is 14.4 Å². The minimum atomic E-state index is -0.546. The van der Waals surface area contributed by atoms with Gasteiger partial charge in [-0.1, -0.05) is 13.5 Å². The summed E-state index contributed by atoms with van der Waals surface area (Å²) >= 11 is 0. The number of esters is 3. The molecule has 1 aliphatic heterocycles. The summed E-state index contributed by atoms with van der Waals surface area (Å²) in [4.78, 5) is 36.2. The van der Waals surface area contributed by atoms with Crippen LogP contribution in [0.2, 0.25) is 0 Å². The van der Waals surface area contributed by atoms with Gasteiger partial charge in [0, 0.05) is 18.1 Å². The third-order valence-corrected chi connectivity index (χ3v) is 6.95. The molecule has 1 aliphatic rings. The predicted octanol–water partition coefficient (Wildman–Crippen LogP) is 6.23. The van der Waals surface area contributed by atoms with Gasteiger partial charge >= 0.3 is 17.9 Å². The van der Waals surface area contributed by atoms with Crippen molar-refractivity contribution >= 4 is 17.9 Å². The zero-order chi connectivity index (χ0) is 32.6. The summed E-state index contributed by atoms with van der Waals surface area (Å²) in [5, 5.41) is 0. The van der Waals surface area contributed by atoms with Crippen molar-refractivity contribution in [1.82, 2.24) is 0 Å². The van der Waals surface area contributed by atoms with Gasteiger partial charge in [-0.15, -0.1) is 0 Å². The number of hydrogen-bond donors (Lipinski definition) is 0. The van der Waals surface area contributed by atoms with Crippen LogP contribution in [0.5, 0.6) is 23.0 Å². The van der Waals surface area contributed by atoms with E-state index in [2.05, 4.69) is 13.5 Å². The molecule has 0 bridgehead atoms. The fraction of sp³-hybridized carbons (Fsp3) is 0.361. The molecule has 0 aromatic heterocycles. The monoisotopic (exact) mass is 632 g/mol. The first-order valence-electron chi connectivity index (χ1n) is 15.3. The first-order chi connectivity index (χ1) is 22.3. The lowest BCUT2D eigenvalue weighted by Crippen LogP contribution is -2.43. The van der Waals surface area contributed by atoms with Gasteiger partial charge in [-0.2, -0.15) is 0 Å². The maximum absolute atomic E-state index is 12.6. The number of unbranched alkanes of at least 4 members (excludes halogenated alkanes) is 2. The van der Waals surface area contributed by atoms with Crippen molar-refractivity contribution in [1.29, 1.82) is 0 Å². The Hall–Kier alpha value is -4.67. The highest BCUT2D eigenvalue weighted by Crippen LogP contribution is 2.26. The molecule has 0 amide bonds. The largest absolute Gasteiger partial charge is 0.494 e. The van der Waals surface area contributed by atoms with Gasteiger partial charge in [0.25, 0.3) is 0 Å². The Labute approximate surface area is 269 Å². The molecule has 0 aliphatic carbocycles. The molecule has 0 spiro atoms. The fourth-order valence-electron chi connectivity index (χ4n) is 4.26. The van der Waals surface area contributed by atoms with E-state index < -0.39 is 17.9 Å². The van der Waals surface area contributed by atoms with Crippen LogP contribution < -0.4 is 18.9 Å². The second-order valence-corrected chi connectivity index (χ2v) is 11.1. The summed E-state index contributed by atoms with van der Waals surface area (Å²) in [7, 11) is 0. The number of hydrogen-bond acceptors (Lipinski definition) is 10. The highest BCUT2D eigenvalue weighted by Gasteiger charge is 2.33. The molecule has 10 nitrogen and oxygen atoms in total. The van der Waals surface area contributed by atoms with Crippen LogP contribution in [0.1, 0.15) is 53.3 Å². The van der Waals surface area contributed by atoms with Crippen LogP contribution in [0.25, 0.3) is 0 Å². The Kier molecular flexibility index (Phi) is 13.2. The van der Waals surface area contributed by atoms with Crippen LogP contribution in [-0.2, 0) is 19.0 Å². The number of rotatable bonds is 19. The van der Waals surface area contributed by atoms with Crippen LogP contribution in [0.4, 0.5) is 0 Å². The quantitative estimate of drug-likeness (QED) is 0.0652. The molecular weight excluding hydrogens is 592 g/mol. The van der Waals surface area contributed by atoms with Crippen LogP contribution in [0.3, 0.4) is 0 Å². The average Bonchev–Trinajstić information content (AvgIpc) is 3.06. The highest BCUT2D eigenvalue weighted by atomic mass is 16.5. The molecule has 0 radical (unpaired) electrons. The summed E-state index contributed by atoms with van der Waals surface area (Å²) in [5.74, 6) is 0.434. The zero-order valence-corrected chi connectivity index (χ0v) is 26.1. The van der Waals surface area contributed by atoms with E-state index in [1.807, 2.05) is 0 Å². The second-order valence-electron chi connectivity index (χ2n) is 11.1. The van der Waals surface area contributed by atoms with Gasteiger partial charge in [-0.25, -0.2) is 14.4 Å². The first-order valence-corrected chi connectivity index (χ1v) is 15.3. The molecule has 1 heterocycles. The maximum Gasteiger partial charge on any atom is 0.343 e. The normalized spacial score (nSPS) is 13.2. The number of carbonyl (C=O) groups excluding carboxylic acids is 3. The van der Waals surface area contributed by atoms with Gasteiger partial charge in [0.2, 0.25) is 0 Å². The van der Waals surface area contributed by atoms with Gasteiger partial charge in [-0.3, -0.25) is 0 Å². The van der Waals surface area contributed by atoms with Crippen molar-refractivity contribution in [2.75, 3.05) is 46.2 Å². The molecule has 3 aromatic rings. The molecule has 0 N–H and O–H groups in total. The summed E-state index contributed by atoms with van der Waals surface area (Å²) in [6.45, 7) is 9.78. The molecule has 46 heavy (non-hydrogen) atoms. The van der Waals surface area contributed by atoms with Crippen molar-refractivity contribution in [3.63, 3.8) is 0 Å². The Morgan fingerprint density at radius 3 is 1.59 bits per heavy atom. The van der Waals surface area contributed by atoms with Gasteiger partial charge in [-0.05, 0) is 98.5 Å². The van der Waals surface area contributed by atoms with E-state index in [-0.39, 0.29) is 11.2 Å². The molecule has 3 aromatic carbocycles. The third-order valence-electron chi connectivity index (χ3n) is 6.95. The van der Waals surface area contributed by atoms with Crippen LogP contribution in [0.15, 0.2) is 85.5 Å². The second kappa shape index (κ2) is 17.7.